The lowest BCUT2D eigenvalue weighted by Gasteiger charge is -2.16. The van der Waals surface area contributed by atoms with E-state index < -0.39 is 36.8 Å². The molecule has 1 fully saturated rings. The highest BCUT2D eigenvalue weighted by Gasteiger charge is 2.45. The van der Waals surface area contributed by atoms with E-state index in [4.69, 9.17) is 15.6 Å². The van der Waals surface area contributed by atoms with Crippen LogP contribution >= 0.6 is 0 Å². The van der Waals surface area contributed by atoms with Gasteiger partial charge in [-0.05, 0) is 0 Å². The molecular weight excluding hydrogens is 271 g/mol. The zero-order valence-electron chi connectivity index (χ0n) is 10.2. The van der Waals surface area contributed by atoms with Crippen LogP contribution in [-0.2, 0) is 4.74 Å². The second kappa shape index (κ2) is 4.54. The van der Waals surface area contributed by atoms with Gasteiger partial charge in [-0.25, -0.2) is 9.37 Å². The molecule has 0 bridgehead atoms. The molecule has 0 spiro atoms. The molecule has 0 aliphatic carbocycles. The fraction of sp³-hybridized carbons (Fsp3) is 0.455. The van der Waals surface area contributed by atoms with Gasteiger partial charge in [0, 0.05) is 6.07 Å². The number of aromatic amines is 1. The number of pyridine rings is 1. The van der Waals surface area contributed by atoms with Gasteiger partial charge in [0.25, 0.3) is 5.56 Å². The van der Waals surface area contributed by atoms with Crippen LogP contribution in [0.3, 0.4) is 0 Å². The van der Waals surface area contributed by atoms with Crippen LogP contribution in [0.4, 0.5) is 10.2 Å². The van der Waals surface area contributed by atoms with Gasteiger partial charge in [-0.15, -0.1) is 0 Å². The second-order valence-electron chi connectivity index (χ2n) is 4.62. The van der Waals surface area contributed by atoms with Crippen molar-refractivity contribution in [3.8, 4) is 0 Å². The van der Waals surface area contributed by atoms with Crippen molar-refractivity contribution in [2.45, 2.75) is 24.6 Å². The van der Waals surface area contributed by atoms with E-state index in [9.17, 15) is 14.3 Å². The molecule has 108 valence electrons. The lowest BCUT2D eigenvalue weighted by molar-refractivity contribution is -0.0493. The number of rotatable bonds is 2. The van der Waals surface area contributed by atoms with Gasteiger partial charge >= 0.3 is 0 Å². The maximum Gasteiger partial charge on any atom is 0.277 e. The van der Waals surface area contributed by atoms with Crippen LogP contribution in [0.1, 0.15) is 6.23 Å². The molecule has 1 aliphatic heterocycles. The van der Waals surface area contributed by atoms with E-state index in [0.717, 1.165) is 0 Å². The summed E-state index contributed by atoms with van der Waals surface area (Å²) in [6.07, 6.45) is -4.12. The number of ether oxygens (including phenoxy) is 1. The first kappa shape index (κ1) is 13.0. The van der Waals surface area contributed by atoms with Crippen molar-refractivity contribution >= 4 is 16.9 Å². The van der Waals surface area contributed by atoms with E-state index in [1.807, 2.05) is 0 Å². The molecule has 3 heterocycles. The highest BCUT2D eigenvalue weighted by Crippen LogP contribution is 2.33. The lowest BCUT2D eigenvalue weighted by Crippen LogP contribution is -2.29. The van der Waals surface area contributed by atoms with Crippen LogP contribution in [0.2, 0.25) is 0 Å². The summed E-state index contributed by atoms with van der Waals surface area (Å²) in [7, 11) is 0. The third-order valence-electron chi connectivity index (χ3n) is 3.34. The minimum atomic E-state index is -1.72. The van der Waals surface area contributed by atoms with Gasteiger partial charge in [-0.3, -0.25) is 4.79 Å². The number of hydrogen-bond acceptors (Lipinski definition) is 6. The van der Waals surface area contributed by atoms with Crippen LogP contribution in [0, 0.1) is 0 Å². The van der Waals surface area contributed by atoms with Crippen molar-refractivity contribution in [3.63, 3.8) is 0 Å². The second-order valence-corrected chi connectivity index (χ2v) is 4.62. The van der Waals surface area contributed by atoms with Crippen LogP contribution in [0.5, 0.6) is 0 Å². The minimum absolute atomic E-state index is 0.109. The predicted octanol–water partition coefficient (Wildman–Crippen LogP) is -1.10. The summed E-state index contributed by atoms with van der Waals surface area (Å²) in [6.45, 7) is -0.552. The topological polar surface area (TPSA) is 126 Å². The first-order valence-corrected chi connectivity index (χ1v) is 5.96. The average Bonchev–Trinajstić information content (AvgIpc) is 2.93. The molecule has 2 aromatic rings. The van der Waals surface area contributed by atoms with Gasteiger partial charge in [-0.1, -0.05) is 0 Å². The Morgan fingerprint density at radius 3 is 3.00 bits per heavy atom. The smallest absolute Gasteiger partial charge is 0.277 e. The van der Waals surface area contributed by atoms with E-state index in [1.165, 1.54) is 17.0 Å². The number of nitrogens with zero attached hydrogens (tertiary/aromatic N) is 2. The standard InChI is InChI=1S/C11H13FN4O4/c12-7-5(2-17)20-11(9(7)18)16-3-14-8-4(16)1-6(13)15-10(8)19/h1,3,5,7,9,11,17-18H,2H2,(H3,13,15,19)/t5-,7-,9-,11?/m1/s1. The molecule has 5 N–H and O–H groups in total. The molecule has 8 nitrogen and oxygen atoms in total. The summed E-state index contributed by atoms with van der Waals surface area (Å²) < 4.78 is 20.3. The number of aliphatic hydroxyl groups is 2. The number of alkyl halides is 1. The maximum atomic E-state index is 13.7. The van der Waals surface area contributed by atoms with Gasteiger partial charge in [0.1, 0.15) is 18.0 Å². The number of nitrogen functional groups attached to an aromatic ring is 1. The molecule has 3 rings (SSSR count). The predicted molar refractivity (Wildman–Crippen MR) is 66.7 cm³/mol. The molecule has 20 heavy (non-hydrogen) atoms. The van der Waals surface area contributed by atoms with E-state index in [0.29, 0.717) is 5.52 Å². The third kappa shape index (κ3) is 1.79. The zero-order valence-corrected chi connectivity index (χ0v) is 10.2. The maximum absolute atomic E-state index is 13.7. The van der Waals surface area contributed by atoms with Crippen molar-refractivity contribution in [1.29, 1.82) is 0 Å². The Kier molecular flexibility index (Phi) is 2.96. The van der Waals surface area contributed by atoms with Crippen molar-refractivity contribution in [1.82, 2.24) is 14.5 Å². The normalized spacial score (nSPS) is 30.1. The molecule has 0 aromatic carbocycles. The monoisotopic (exact) mass is 284 g/mol. The SMILES string of the molecule is Nc1cc2c(ncn2C2O[C@H](CO)[C@@H](F)[C@H]2O)c(=O)[nH]1. The Balaban J connectivity index is 2.09. The molecule has 9 heteroatoms. The Labute approximate surface area is 111 Å². The Hall–Kier alpha value is -1.97. The number of aromatic nitrogens is 3. The van der Waals surface area contributed by atoms with Crippen LogP contribution < -0.4 is 11.3 Å². The number of nitrogens with one attached hydrogen (secondary N) is 1. The van der Waals surface area contributed by atoms with Crippen LogP contribution in [0.15, 0.2) is 17.2 Å². The molecule has 1 saturated heterocycles. The fourth-order valence-corrected chi connectivity index (χ4v) is 2.35. The van der Waals surface area contributed by atoms with E-state index in [-0.39, 0.29) is 11.3 Å². The van der Waals surface area contributed by atoms with Crippen molar-refractivity contribution in [2.24, 2.45) is 0 Å². The number of anilines is 1. The number of fused-ring (bicyclic) bond motifs is 1. The van der Waals surface area contributed by atoms with Crippen LogP contribution in [-0.4, -0.2) is 49.7 Å². The summed E-state index contributed by atoms with van der Waals surface area (Å²) in [6, 6.07) is 1.44. The molecule has 1 aliphatic rings. The van der Waals surface area contributed by atoms with Crippen LogP contribution in [0.25, 0.3) is 11.0 Å². The third-order valence-corrected chi connectivity index (χ3v) is 3.34. The van der Waals surface area contributed by atoms with Crippen molar-refractivity contribution in [3.05, 3.63) is 22.7 Å². The summed E-state index contributed by atoms with van der Waals surface area (Å²) in [5.41, 5.74) is 5.50. The van der Waals surface area contributed by atoms with Gasteiger partial charge in [0.15, 0.2) is 17.9 Å². The number of imidazole rings is 1. The van der Waals surface area contributed by atoms with Gasteiger partial charge < -0.3 is 30.2 Å². The average molecular weight is 284 g/mol. The van der Waals surface area contributed by atoms with Gasteiger partial charge in [0.2, 0.25) is 0 Å². The summed E-state index contributed by atoms with van der Waals surface area (Å²) in [4.78, 5) is 18.0. The molecule has 0 radical (unpaired) electrons. The summed E-state index contributed by atoms with van der Waals surface area (Å²) in [5.74, 6) is 0.118. The first-order chi connectivity index (χ1) is 9.52. The number of halogens is 1. The molecule has 0 saturated carbocycles. The van der Waals surface area contributed by atoms with E-state index >= 15 is 0 Å². The molecule has 0 amide bonds. The quantitative estimate of drug-likeness (QED) is 0.554. The fourth-order valence-electron chi connectivity index (χ4n) is 2.35. The number of nitrogens with two attached hydrogens (primary N) is 1. The van der Waals surface area contributed by atoms with E-state index in [2.05, 4.69) is 9.97 Å². The molecule has 4 atom stereocenters. The highest BCUT2D eigenvalue weighted by atomic mass is 19.1. The Morgan fingerprint density at radius 1 is 1.60 bits per heavy atom. The summed E-state index contributed by atoms with van der Waals surface area (Å²) >= 11 is 0. The molecular formula is C11H13FN4O4. The summed E-state index contributed by atoms with van der Waals surface area (Å²) in [5, 5.41) is 18.8. The first-order valence-electron chi connectivity index (χ1n) is 5.96. The molecule has 1 unspecified atom stereocenters. The highest BCUT2D eigenvalue weighted by molar-refractivity contribution is 5.76. The largest absolute Gasteiger partial charge is 0.394 e. The van der Waals surface area contributed by atoms with Gasteiger partial charge in [-0.2, -0.15) is 0 Å². The van der Waals surface area contributed by atoms with Crippen molar-refractivity contribution < 1.29 is 19.3 Å². The zero-order chi connectivity index (χ0) is 14.4. The number of aliphatic hydroxyl groups excluding tert-OH is 2. The lowest BCUT2D eigenvalue weighted by atomic mass is 10.1. The van der Waals surface area contributed by atoms with E-state index in [1.54, 1.807) is 0 Å². The Bertz CT molecular complexity index is 699. The number of hydrogen-bond donors (Lipinski definition) is 4. The van der Waals surface area contributed by atoms with Gasteiger partial charge in [0.05, 0.1) is 18.5 Å². The van der Waals surface area contributed by atoms with Crippen molar-refractivity contribution in [2.75, 3.05) is 12.3 Å². The molecule has 2 aromatic heterocycles. The Morgan fingerprint density at radius 2 is 2.35 bits per heavy atom. The minimum Gasteiger partial charge on any atom is -0.394 e. The number of H-pyrrole nitrogens is 1.